The summed E-state index contributed by atoms with van der Waals surface area (Å²) in [5.41, 5.74) is 0.685. The Bertz CT molecular complexity index is 408. The molecule has 1 aromatic rings. The highest BCUT2D eigenvalue weighted by molar-refractivity contribution is 5.66. The molecule has 0 radical (unpaired) electrons. The van der Waals surface area contributed by atoms with Crippen LogP contribution in [0.2, 0.25) is 0 Å². The summed E-state index contributed by atoms with van der Waals surface area (Å²) >= 11 is 0. The number of aliphatic carboxylic acids is 1. The van der Waals surface area contributed by atoms with Gasteiger partial charge < -0.3 is 9.84 Å². The van der Waals surface area contributed by atoms with E-state index in [4.69, 9.17) is 9.84 Å². The SMILES string of the molecule is CC(C)c1ccccc1OC(C)(C)CCC(=O)O. The molecule has 0 spiro atoms. The zero-order chi connectivity index (χ0) is 13.8. The van der Waals surface area contributed by atoms with Crippen molar-refractivity contribution in [2.75, 3.05) is 0 Å². The average Bonchev–Trinajstić information content (AvgIpc) is 2.26. The lowest BCUT2D eigenvalue weighted by atomic mass is 10.00. The van der Waals surface area contributed by atoms with Crippen molar-refractivity contribution in [2.45, 2.75) is 52.1 Å². The van der Waals surface area contributed by atoms with Crippen molar-refractivity contribution in [1.29, 1.82) is 0 Å². The van der Waals surface area contributed by atoms with E-state index in [-0.39, 0.29) is 6.42 Å². The van der Waals surface area contributed by atoms with Crippen LogP contribution >= 0.6 is 0 Å². The molecule has 0 unspecified atom stereocenters. The Labute approximate surface area is 109 Å². The van der Waals surface area contributed by atoms with E-state index >= 15 is 0 Å². The third-order valence-corrected chi connectivity index (χ3v) is 2.87. The predicted octanol–water partition coefficient (Wildman–Crippen LogP) is 3.83. The average molecular weight is 250 g/mol. The Morgan fingerprint density at radius 1 is 1.33 bits per heavy atom. The number of carboxylic acids is 1. The first-order valence-electron chi connectivity index (χ1n) is 6.31. The molecule has 0 aromatic heterocycles. The highest BCUT2D eigenvalue weighted by atomic mass is 16.5. The second kappa shape index (κ2) is 5.89. The highest BCUT2D eigenvalue weighted by Crippen LogP contribution is 2.30. The number of hydrogen-bond donors (Lipinski definition) is 1. The van der Waals surface area contributed by atoms with E-state index in [1.54, 1.807) is 0 Å². The van der Waals surface area contributed by atoms with Crippen LogP contribution in [0.3, 0.4) is 0 Å². The third kappa shape index (κ3) is 4.40. The lowest BCUT2D eigenvalue weighted by molar-refractivity contribution is -0.138. The van der Waals surface area contributed by atoms with Crippen LogP contribution in [0.4, 0.5) is 0 Å². The minimum atomic E-state index is -0.788. The summed E-state index contributed by atoms with van der Waals surface area (Å²) in [5, 5.41) is 8.73. The Hall–Kier alpha value is -1.51. The summed E-state index contributed by atoms with van der Waals surface area (Å²) in [6.07, 6.45) is 0.617. The quantitative estimate of drug-likeness (QED) is 0.834. The summed E-state index contributed by atoms with van der Waals surface area (Å²) < 4.78 is 5.98. The lowest BCUT2D eigenvalue weighted by Gasteiger charge is -2.28. The van der Waals surface area contributed by atoms with Crippen LogP contribution < -0.4 is 4.74 Å². The van der Waals surface area contributed by atoms with Crippen LogP contribution in [-0.2, 0) is 4.79 Å². The van der Waals surface area contributed by atoms with Crippen molar-refractivity contribution in [1.82, 2.24) is 0 Å². The van der Waals surface area contributed by atoms with E-state index in [0.29, 0.717) is 12.3 Å². The smallest absolute Gasteiger partial charge is 0.303 e. The number of hydrogen-bond acceptors (Lipinski definition) is 2. The van der Waals surface area contributed by atoms with Gasteiger partial charge >= 0.3 is 5.97 Å². The van der Waals surface area contributed by atoms with Gasteiger partial charge in [-0.15, -0.1) is 0 Å². The fraction of sp³-hybridized carbons (Fsp3) is 0.533. The van der Waals surface area contributed by atoms with Crippen molar-refractivity contribution in [3.05, 3.63) is 29.8 Å². The summed E-state index contributed by atoms with van der Waals surface area (Å²) in [6.45, 7) is 8.08. The maximum absolute atomic E-state index is 10.6. The van der Waals surface area contributed by atoms with Crippen molar-refractivity contribution in [3.8, 4) is 5.75 Å². The Morgan fingerprint density at radius 2 is 1.94 bits per heavy atom. The highest BCUT2D eigenvalue weighted by Gasteiger charge is 2.22. The fourth-order valence-electron chi connectivity index (χ4n) is 1.81. The van der Waals surface area contributed by atoms with Crippen molar-refractivity contribution in [2.24, 2.45) is 0 Å². The number of rotatable bonds is 6. The monoisotopic (exact) mass is 250 g/mol. The summed E-state index contributed by atoms with van der Waals surface area (Å²) in [5.74, 6) is 0.447. The molecule has 0 atom stereocenters. The molecule has 0 saturated carbocycles. The van der Waals surface area contributed by atoms with E-state index in [9.17, 15) is 4.79 Å². The molecule has 0 aliphatic rings. The van der Waals surface area contributed by atoms with Gasteiger partial charge in [0.05, 0.1) is 0 Å². The van der Waals surface area contributed by atoms with Crippen LogP contribution in [-0.4, -0.2) is 16.7 Å². The zero-order valence-corrected chi connectivity index (χ0v) is 11.6. The second-order valence-electron chi connectivity index (χ2n) is 5.45. The molecule has 3 nitrogen and oxygen atoms in total. The van der Waals surface area contributed by atoms with E-state index in [0.717, 1.165) is 11.3 Å². The topological polar surface area (TPSA) is 46.5 Å². The molecular formula is C15H22O3. The molecule has 0 fully saturated rings. The molecule has 0 aliphatic carbocycles. The predicted molar refractivity (Wildman–Crippen MR) is 72.1 cm³/mol. The third-order valence-electron chi connectivity index (χ3n) is 2.87. The Morgan fingerprint density at radius 3 is 2.50 bits per heavy atom. The molecular weight excluding hydrogens is 228 g/mol. The first-order valence-corrected chi connectivity index (χ1v) is 6.31. The lowest BCUT2D eigenvalue weighted by Crippen LogP contribution is -2.29. The van der Waals surface area contributed by atoms with Gasteiger partial charge in [-0.1, -0.05) is 32.0 Å². The summed E-state index contributed by atoms with van der Waals surface area (Å²) in [6, 6.07) is 7.92. The summed E-state index contributed by atoms with van der Waals surface area (Å²) in [7, 11) is 0. The Balaban J connectivity index is 2.80. The van der Waals surface area contributed by atoms with Crippen LogP contribution in [0, 0.1) is 0 Å². The molecule has 3 heteroatoms. The van der Waals surface area contributed by atoms with Gasteiger partial charge in [-0.3, -0.25) is 4.79 Å². The minimum absolute atomic E-state index is 0.122. The number of ether oxygens (including phenoxy) is 1. The molecule has 1 rings (SSSR count). The number of carbonyl (C=O) groups is 1. The van der Waals surface area contributed by atoms with Gasteiger partial charge in [0.2, 0.25) is 0 Å². The first-order chi connectivity index (χ1) is 8.32. The normalized spacial score (nSPS) is 11.6. The van der Waals surface area contributed by atoms with Crippen molar-refractivity contribution in [3.63, 3.8) is 0 Å². The van der Waals surface area contributed by atoms with Crippen LogP contribution in [0.15, 0.2) is 24.3 Å². The maximum atomic E-state index is 10.6. The van der Waals surface area contributed by atoms with Crippen LogP contribution in [0.25, 0.3) is 0 Å². The van der Waals surface area contributed by atoms with Crippen LogP contribution in [0.5, 0.6) is 5.75 Å². The van der Waals surface area contributed by atoms with Gasteiger partial charge in [0.1, 0.15) is 11.4 Å². The van der Waals surface area contributed by atoms with Gasteiger partial charge in [0, 0.05) is 6.42 Å². The van der Waals surface area contributed by atoms with E-state index in [2.05, 4.69) is 13.8 Å². The molecule has 0 amide bonds. The van der Waals surface area contributed by atoms with Crippen LogP contribution in [0.1, 0.15) is 52.0 Å². The van der Waals surface area contributed by atoms with Crippen molar-refractivity contribution >= 4 is 5.97 Å². The molecule has 0 bridgehead atoms. The van der Waals surface area contributed by atoms with Gasteiger partial charge in [0.15, 0.2) is 0 Å². The fourth-order valence-corrected chi connectivity index (χ4v) is 1.81. The number of benzene rings is 1. The van der Waals surface area contributed by atoms with E-state index < -0.39 is 11.6 Å². The maximum Gasteiger partial charge on any atom is 0.303 e. The second-order valence-corrected chi connectivity index (χ2v) is 5.45. The molecule has 1 N–H and O–H groups in total. The summed E-state index contributed by atoms with van der Waals surface area (Å²) in [4.78, 5) is 10.6. The molecule has 0 heterocycles. The minimum Gasteiger partial charge on any atom is -0.488 e. The van der Waals surface area contributed by atoms with E-state index in [1.807, 2.05) is 38.1 Å². The first kappa shape index (κ1) is 14.6. The molecule has 1 aromatic carbocycles. The molecule has 0 aliphatic heterocycles. The van der Waals surface area contributed by atoms with E-state index in [1.165, 1.54) is 0 Å². The van der Waals surface area contributed by atoms with Gasteiger partial charge in [-0.25, -0.2) is 0 Å². The molecule has 18 heavy (non-hydrogen) atoms. The number of para-hydroxylation sites is 1. The van der Waals surface area contributed by atoms with Crippen molar-refractivity contribution < 1.29 is 14.6 Å². The van der Waals surface area contributed by atoms with Gasteiger partial charge in [-0.2, -0.15) is 0 Å². The molecule has 0 saturated heterocycles. The largest absolute Gasteiger partial charge is 0.488 e. The number of carboxylic acid groups (broad SMARTS) is 1. The zero-order valence-electron chi connectivity index (χ0n) is 11.6. The standard InChI is InChI=1S/C15H22O3/c1-11(2)12-7-5-6-8-13(12)18-15(3,4)10-9-14(16)17/h5-8,11H,9-10H2,1-4H3,(H,16,17). The Kier molecular flexibility index (Phi) is 4.76. The molecule has 100 valence electrons. The van der Waals surface area contributed by atoms with Gasteiger partial charge in [-0.05, 0) is 37.8 Å². The van der Waals surface area contributed by atoms with Gasteiger partial charge in [0.25, 0.3) is 0 Å².